The maximum atomic E-state index is 13.1. The van der Waals surface area contributed by atoms with Crippen LogP contribution in [0.2, 0.25) is 0 Å². The second-order valence-electron chi connectivity index (χ2n) is 6.61. The van der Waals surface area contributed by atoms with Crippen molar-refractivity contribution < 1.29 is 14.1 Å². The molecule has 2 aromatic heterocycles. The van der Waals surface area contributed by atoms with Crippen LogP contribution in [0.5, 0.6) is 0 Å². The number of benzene rings is 2. The smallest absolute Gasteiger partial charge is 0.318 e. The van der Waals surface area contributed by atoms with Gasteiger partial charge in [-0.05, 0) is 31.2 Å². The Kier molecular flexibility index (Phi) is 5.13. The minimum absolute atomic E-state index is 0.300. The molecule has 0 unspecified atom stereocenters. The summed E-state index contributed by atoms with van der Waals surface area (Å²) >= 11 is 0. The minimum Gasteiger partial charge on any atom is -0.341 e. The highest BCUT2D eigenvalue weighted by Crippen LogP contribution is 2.28. The highest BCUT2D eigenvalue weighted by atomic mass is 16.5. The lowest BCUT2D eigenvalue weighted by Crippen LogP contribution is -2.24. The van der Waals surface area contributed by atoms with Gasteiger partial charge in [0.25, 0.3) is 11.6 Å². The Morgan fingerprint density at radius 1 is 0.933 bits per heavy atom. The van der Waals surface area contributed by atoms with Crippen molar-refractivity contribution in [2.45, 2.75) is 6.92 Å². The van der Waals surface area contributed by atoms with Gasteiger partial charge in [0.2, 0.25) is 0 Å². The summed E-state index contributed by atoms with van der Waals surface area (Å²) in [6.07, 6.45) is 0. The van der Waals surface area contributed by atoms with Crippen molar-refractivity contribution in [3.63, 3.8) is 0 Å². The molecule has 30 heavy (non-hydrogen) atoms. The number of aryl methyl sites for hydroxylation is 1. The SMILES string of the molecule is CNC(=O)Nc1cccc(NC(=O)c2cc(-c3ccccc3)nc3onc(C)c23)c1. The van der Waals surface area contributed by atoms with Crippen molar-refractivity contribution in [1.29, 1.82) is 0 Å². The Hall–Kier alpha value is -4.20. The van der Waals surface area contributed by atoms with Crippen molar-refractivity contribution in [1.82, 2.24) is 15.5 Å². The van der Waals surface area contributed by atoms with E-state index in [4.69, 9.17) is 4.52 Å². The molecule has 150 valence electrons. The van der Waals surface area contributed by atoms with Gasteiger partial charge >= 0.3 is 6.03 Å². The maximum absolute atomic E-state index is 13.1. The third-order valence-corrected chi connectivity index (χ3v) is 4.54. The number of hydrogen-bond donors (Lipinski definition) is 3. The first-order valence-corrected chi connectivity index (χ1v) is 9.28. The molecular weight excluding hydrogens is 382 g/mol. The molecule has 0 bridgehead atoms. The van der Waals surface area contributed by atoms with Gasteiger partial charge in [0.1, 0.15) is 0 Å². The topological polar surface area (TPSA) is 109 Å². The highest BCUT2D eigenvalue weighted by molar-refractivity contribution is 6.13. The summed E-state index contributed by atoms with van der Waals surface area (Å²) < 4.78 is 5.33. The fraction of sp³-hybridized carbons (Fsp3) is 0.0909. The lowest BCUT2D eigenvalue weighted by atomic mass is 10.0. The van der Waals surface area contributed by atoms with Gasteiger partial charge in [-0.3, -0.25) is 4.79 Å². The molecule has 8 heteroatoms. The number of fused-ring (bicyclic) bond motifs is 1. The molecule has 2 aromatic carbocycles. The van der Waals surface area contributed by atoms with Crippen LogP contribution in [0.15, 0.2) is 65.2 Å². The van der Waals surface area contributed by atoms with Crippen LogP contribution >= 0.6 is 0 Å². The number of nitrogens with one attached hydrogen (secondary N) is 3. The summed E-state index contributed by atoms with van der Waals surface area (Å²) in [6.45, 7) is 1.76. The van der Waals surface area contributed by atoms with E-state index in [-0.39, 0.29) is 11.9 Å². The van der Waals surface area contributed by atoms with Crippen LogP contribution in [-0.4, -0.2) is 29.1 Å². The van der Waals surface area contributed by atoms with Gasteiger partial charge in [-0.2, -0.15) is 0 Å². The lowest BCUT2D eigenvalue weighted by Gasteiger charge is -2.10. The van der Waals surface area contributed by atoms with E-state index in [1.54, 1.807) is 37.3 Å². The van der Waals surface area contributed by atoms with Crippen LogP contribution in [-0.2, 0) is 0 Å². The second-order valence-corrected chi connectivity index (χ2v) is 6.61. The number of hydrogen-bond acceptors (Lipinski definition) is 5. The highest BCUT2D eigenvalue weighted by Gasteiger charge is 2.19. The van der Waals surface area contributed by atoms with Crippen LogP contribution in [0.3, 0.4) is 0 Å². The van der Waals surface area contributed by atoms with Crippen LogP contribution < -0.4 is 16.0 Å². The second kappa shape index (κ2) is 8.04. The molecule has 0 atom stereocenters. The zero-order valence-electron chi connectivity index (χ0n) is 16.4. The van der Waals surface area contributed by atoms with E-state index in [1.807, 2.05) is 30.3 Å². The van der Waals surface area contributed by atoms with E-state index < -0.39 is 0 Å². The van der Waals surface area contributed by atoms with Gasteiger partial charge in [-0.1, -0.05) is 41.6 Å². The zero-order chi connectivity index (χ0) is 21.1. The van der Waals surface area contributed by atoms with Crippen molar-refractivity contribution >= 4 is 34.4 Å². The molecule has 4 rings (SSSR count). The standard InChI is InChI=1S/C22H19N5O3/c1-13-19-17(12-18(26-21(19)30-27-13)14-7-4-3-5-8-14)20(28)24-15-9-6-10-16(11-15)25-22(29)23-2/h3-12H,1-2H3,(H,24,28)(H2,23,25,29). The number of urea groups is 1. The third kappa shape index (κ3) is 3.83. The Morgan fingerprint density at radius 2 is 1.67 bits per heavy atom. The molecule has 0 radical (unpaired) electrons. The quantitative estimate of drug-likeness (QED) is 0.475. The molecular formula is C22H19N5O3. The predicted molar refractivity (Wildman–Crippen MR) is 114 cm³/mol. The van der Waals surface area contributed by atoms with Crippen LogP contribution in [0.1, 0.15) is 16.1 Å². The lowest BCUT2D eigenvalue weighted by molar-refractivity contribution is 0.102. The van der Waals surface area contributed by atoms with Crippen molar-refractivity contribution in [2.75, 3.05) is 17.7 Å². The third-order valence-electron chi connectivity index (χ3n) is 4.54. The summed E-state index contributed by atoms with van der Waals surface area (Å²) in [5.41, 5.74) is 3.85. The van der Waals surface area contributed by atoms with Crippen molar-refractivity contribution in [3.05, 3.63) is 71.9 Å². The summed E-state index contributed by atoms with van der Waals surface area (Å²) in [4.78, 5) is 29.2. The van der Waals surface area contributed by atoms with Crippen LogP contribution in [0.4, 0.5) is 16.2 Å². The number of anilines is 2. The number of carbonyl (C=O) groups is 2. The summed E-state index contributed by atoms with van der Waals surface area (Å²) in [5, 5.41) is 12.6. The Labute approximate surface area is 172 Å². The molecule has 0 fully saturated rings. The van der Waals surface area contributed by atoms with Gasteiger partial charge in [0, 0.05) is 24.0 Å². The van der Waals surface area contributed by atoms with E-state index in [9.17, 15) is 9.59 Å². The van der Waals surface area contributed by atoms with Crippen molar-refractivity contribution in [3.8, 4) is 11.3 Å². The Morgan fingerprint density at radius 3 is 2.40 bits per heavy atom. The van der Waals surface area contributed by atoms with Gasteiger partial charge in [-0.25, -0.2) is 9.78 Å². The normalized spacial score (nSPS) is 10.6. The van der Waals surface area contributed by atoms with E-state index in [1.165, 1.54) is 7.05 Å². The van der Waals surface area contributed by atoms with E-state index in [2.05, 4.69) is 26.1 Å². The molecule has 3 amide bonds. The average molecular weight is 401 g/mol. The van der Waals surface area contributed by atoms with Crippen molar-refractivity contribution in [2.24, 2.45) is 0 Å². The van der Waals surface area contributed by atoms with E-state index >= 15 is 0 Å². The van der Waals surface area contributed by atoms with Gasteiger partial charge < -0.3 is 20.5 Å². The fourth-order valence-corrected chi connectivity index (χ4v) is 3.10. The number of nitrogens with zero attached hydrogens (tertiary/aromatic N) is 2. The molecule has 0 saturated heterocycles. The number of rotatable bonds is 4. The van der Waals surface area contributed by atoms with E-state index in [0.29, 0.717) is 39.4 Å². The first kappa shape index (κ1) is 19.1. The molecule has 2 heterocycles. The summed E-state index contributed by atoms with van der Waals surface area (Å²) in [6, 6.07) is 17.8. The van der Waals surface area contributed by atoms with Gasteiger partial charge in [-0.15, -0.1) is 0 Å². The molecule has 0 aliphatic heterocycles. The molecule has 0 spiro atoms. The molecule has 4 aromatic rings. The first-order valence-electron chi connectivity index (χ1n) is 9.28. The Bertz CT molecular complexity index is 1230. The largest absolute Gasteiger partial charge is 0.341 e. The zero-order valence-corrected chi connectivity index (χ0v) is 16.4. The number of amides is 3. The summed E-state index contributed by atoms with van der Waals surface area (Å²) in [5.74, 6) is -0.331. The maximum Gasteiger partial charge on any atom is 0.318 e. The predicted octanol–water partition coefficient (Wildman–Crippen LogP) is 4.20. The molecule has 3 N–H and O–H groups in total. The molecule has 8 nitrogen and oxygen atoms in total. The number of aromatic nitrogens is 2. The molecule has 0 aliphatic rings. The van der Waals surface area contributed by atoms with Crippen LogP contribution in [0, 0.1) is 6.92 Å². The number of carbonyl (C=O) groups excluding carboxylic acids is 2. The average Bonchev–Trinajstić information content (AvgIpc) is 3.14. The van der Waals surface area contributed by atoms with E-state index in [0.717, 1.165) is 5.56 Å². The summed E-state index contributed by atoms with van der Waals surface area (Å²) in [7, 11) is 1.53. The minimum atomic E-state index is -0.345. The fourth-order valence-electron chi connectivity index (χ4n) is 3.10. The molecule has 0 saturated carbocycles. The van der Waals surface area contributed by atoms with Gasteiger partial charge in [0.05, 0.1) is 22.3 Å². The first-order chi connectivity index (χ1) is 14.5. The van der Waals surface area contributed by atoms with Crippen LogP contribution in [0.25, 0.3) is 22.4 Å². The number of pyridine rings is 1. The van der Waals surface area contributed by atoms with Gasteiger partial charge in [0.15, 0.2) is 0 Å². The molecule has 0 aliphatic carbocycles. The Balaban J connectivity index is 1.70. The monoisotopic (exact) mass is 401 g/mol.